The fourth-order valence-corrected chi connectivity index (χ4v) is 5.64. The molecule has 12 heteroatoms. The van der Waals surface area contributed by atoms with Crippen LogP contribution in [0, 0.1) is 0 Å². The van der Waals surface area contributed by atoms with Crippen LogP contribution in [0.4, 0.5) is 19.0 Å². The molecule has 1 unspecified atom stereocenters. The standard InChI is InChI=1S/C25H31ClF3N7O/c1-4-19-13-34(15(2)12-35(19)16(3)17-6-8-18(9-7-17)25(27,28)29)21-20-22(31-23(26)30-21)36(33-32-20)14-24(37)10-5-11-24/h6-9,15-16,19,37H,4-5,10-14H2,1-3H3/t15-,16?,19+/m0/s1. The van der Waals surface area contributed by atoms with Crippen molar-refractivity contribution in [2.24, 2.45) is 0 Å². The van der Waals surface area contributed by atoms with Crippen LogP contribution in [0.1, 0.15) is 63.6 Å². The summed E-state index contributed by atoms with van der Waals surface area (Å²) in [7, 11) is 0. The van der Waals surface area contributed by atoms with E-state index in [1.54, 1.807) is 16.8 Å². The number of aromatic nitrogens is 5. The maximum absolute atomic E-state index is 13.0. The van der Waals surface area contributed by atoms with Crippen LogP contribution in [0.2, 0.25) is 5.28 Å². The lowest BCUT2D eigenvalue weighted by atomic mass is 9.80. The maximum Gasteiger partial charge on any atom is 0.416 e. The highest BCUT2D eigenvalue weighted by Gasteiger charge is 2.38. The van der Waals surface area contributed by atoms with Crippen LogP contribution in [-0.2, 0) is 12.7 Å². The predicted molar refractivity (Wildman–Crippen MR) is 134 cm³/mol. The van der Waals surface area contributed by atoms with Gasteiger partial charge < -0.3 is 10.0 Å². The van der Waals surface area contributed by atoms with Gasteiger partial charge >= 0.3 is 6.18 Å². The maximum atomic E-state index is 13.0. The van der Waals surface area contributed by atoms with Crippen molar-refractivity contribution in [3.05, 3.63) is 40.7 Å². The number of anilines is 1. The normalized spacial score (nSPS) is 23.3. The molecule has 5 rings (SSSR count). The van der Waals surface area contributed by atoms with Gasteiger partial charge in [-0.05, 0) is 68.8 Å². The van der Waals surface area contributed by atoms with Gasteiger partial charge in [0.1, 0.15) is 0 Å². The zero-order valence-corrected chi connectivity index (χ0v) is 21.8. The third kappa shape index (κ3) is 5.00. The fourth-order valence-electron chi connectivity index (χ4n) is 5.48. The number of piperazine rings is 1. The molecule has 3 heterocycles. The molecule has 3 atom stereocenters. The van der Waals surface area contributed by atoms with Crippen LogP contribution in [0.3, 0.4) is 0 Å². The molecular weight excluding hydrogens is 507 g/mol. The Morgan fingerprint density at radius 1 is 1.16 bits per heavy atom. The number of benzene rings is 1. The Morgan fingerprint density at radius 2 is 1.86 bits per heavy atom. The lowest BCUT2D eigenvalue weighted by Crippen LogP contribution is -2.58. The highest BCUT2D eigenvalue weighted by molar-refractivity contribution is 6.28. The first-order valence-corrected chi connectivity index (χ1v) is 13.1. The molecule has 2 fully saturated rings. The average Bonchev–Trinajstić information content (AvgIpc) is 3.23. The van der Waals surface area contributed by atoms with E-state index in [4.69, 9.17) is 11.6 Å². The summed E-state index contributed by atoms with van der Waals surface area (Å²) in [6.07, 6.45) is -1.09. The van der Waals surface area contributed by atoms with Gasteiger partial charge in [0.25, 0.3) is 0 Å². The first-order chi connectivity index (χ1) is 17.5. The summed E-state index contributed by atoms with van der Waals surface area (Å²) in [5, 5.41) is 19.3. The summed E-state index contributed by atoms with van der Waals surface area (Å²) in [4.78, 5) is 13.4. The summed E-state index contributed by atoms with van der Waals surface area (Å²) in [6.45, 7) is 7.84. The van der Waals surface area contributed by atoms with Gasteiger partial charge in [0.2, 0.25) is 5.28 Å². The predicted octanol–water partition coefficient (Wildman–Crippen LogP) is 4.86. The van der Waals surface area contributed by atoms with Gasteiger partial charge in [-0.2, -0.15) is 23.1 Å². The Kier molecular flexibility index (Phi) is 6.82. The van der Waals surface area contributed by atoms with Gasteiger partial charge in [0, 0.05) is 31.2 Å². The smallest absolute Gasteiger partial charge is 0.388 e. The summed E-state index contributed by atoms with van der Waals surface area (Å²) in [5.41, 5.74) is 0.445. The van der Waals surface area contributed by atoms with E-state index >= 15 is 0 Å². The molecular formula is C25H31ClF3N7O. The molecule has 1 aliphatic carbocycles. The largest absolute Gasteiger partial charge is 0.416 e. The minimum atomic E-state index is -4.35. The lowest BCUT2D eigenvalue weighted by Gasteiger charge is -2.48. The molecule has 2 aliphatic rings. The Balaban J connectivity index is 1.40. The van der Waals surface area contributed by atoms with Crippen molar-refractivity contribution in [3.63, 3.8) is 0 Å². The topological polar surface area (TPSA) is 83.2 Å². The van der Waals surface area contributed by atoms with Crippen LogP contribution in [0.25, 0.3) is 11.2 Å². The van der Waals surface area contributed by atoms with Crippen molar-refractivity contribution in [1.29, 1.82) is 0 Å². The van der Waals surface area contributed by atoms with E-state index in [1.807, 2.05) is 6.92 Å². The van der Waals surface area contributed by atoms with Crippen LogP contribution >= 0.6 is 11.6 Å². The molecule has 8 nitrogen and oxygen atoms in total. The van der Waals surface area contributed by atoms with E-state index in [2.05, 4.69) is 43.9 Å². The van der Waals surface area contributed by atoms with Crippen molar-refractivity contribution in [1.82, 2.24) is 29.9 Å². The van der Waals surface area contributed by atoms with Gasteiger partial charge in [-0.1, -0.05) is 24.3 Å². The molecule has 0 amide bonds. The SMILES string of the molecule is CC[C@@H]1CN(c2nc(Cl)nc3c2nnn3CC2(O)CCC2)[C@@H](C)CN1C(C)c1ccc(C(F)(F)F)cc1. The molecule has 2 aromatic heterocycles. The van der Waals surface area contributed by atoms with E-state index in [-0.39, 0.29) is 23.4 Å². The van der Waals surface area contributed by atoms with Crippen LogP contribution in [0.5, 0.6) is 0 Å². The van der Waals surface area contributed by atoms with Gasteiger partial charge in [-0.15, -0.1) is 5.10 Å². The van der Waals surface area contributed by atoms with Gasteiger partial charge in [0.15, 0.2) is 17.0 Å². The van der Waals surface area contributed by atoms with E-state index in [1.165, 1.54) is 0 Å². The first kappa shape index (κ1) is 26.1. The summed E-state index contributed by atoms with van der Waals surface area (Å²) >= 11 is 6.34. The number of aliphatic hydroxyl groups is 1. The van der Waals surface area contributed by atoms with E-state index < -0.39 is 17.3 Å². The molecule has 1 saturated heterocycles. The van der Waals surface area contributed by atoms with Crippen molar-refractivity contribution < 1.29 is 18.3 Å². The van der Waals surface area contributed by atoms with Gasteiger partial charge in [-0.3, -0.25) is 4.90 Å². The molecule has 0 spiro atoms. The van der Waals surface area contributed by atoms with Crippen LogP contribution in [0.15, 0.2) is 24.3 Å². The zero-order chi connectivity index (χ0) is 26.5. The molecule has 1 aliphatic heterocycles. The van der Waals surface area contributed by atoms with E-state index in [0.717, 1.165) is 30.5 Å². The number of nitrogens with zero attached hydrogens (tertiary/aromatic N) is 7. The monoisotopic (exact) mass is 537 g/mol. The molecule has 0 radical (unpaired) electrons. The minimum Gasteiger partial charge on any atom is -0.388 e. The zero-order valence-electron chi connectivity index (χ0n) is 21.1. The molecule has 0 bridgehead atoms. The molecule has 1 N–H and O–H groups in total. The quantitative estimate of drug-likeness (QED) is 0.450. The second kappa shape index (κ2) is 9.67. The van der Waals surface area contributed by atoms with Crippen LogP contribution < -0.4 is 4.90 Å². The molecule has 37 heavy (non-hydrogen) atoms. The summed E-state index contributed by atoms with van der Waals surface area (Å²) in [5.74, 6) is 0.606. The fraction of sp³-hybridized carbons (Fsp3) is 0.600. The number of hydrogen-bond donors (Lipinski definition) is 1. The molecule has 1 saturated carbocycles. The third-order valence-electron chi connectivity index (χ3n) is 7.89. The highest BCUT2D eigenvalue weighted by Crippen LogP contribution is 2.36. The number of fused-ring (bicyclic) bond motifs is 1. The van der Waals surface area contributed by atoms with Crippen molar-refractivity contribution in [3.8, 4) is 0 Å². The van der Waals surface area contributed by atoms with Crippen LogP contribution in [-0.4, -0.2) is 65.7 Å². The minimum absolute atomic E-state index is 0.0230. The van der Waals surface area contributed by atoms with Crippen molar-refractivity contribution in [2.75, 3.05) is 18.0 Å². The van der Waals surface area contributed by atoms with Crippen molar-refractivity contribution in [2.45, 2.75) is 82.9 Å². The second-order valence-electron chi connectivity index (χ2n) is 10.4. The Labute approximate surface area is 218 Å². The summed E-state index contributed by atoms with van der Waals surface area (Å²) in [6, 6.07) is 5.52. The first-order valence-electron chi connectivity index (χ1n) is 12.7. The van der Waals surface area contributed by atoms with Gasteiger partial charge in [0.05, 0.1) is 17.7 Å². The number of rotatable bonds is 6. The Morgan fingerprint density at radius 3 is 2.46 bits per heavy atom. The van der Waals surface area contributed by atoms with E-state index in [9.17, 15) is 18.3 Å². The number of hydrogen-bond acceptors (Lipinski definition) is 7. The molecule has 1 aromatic carbocycles. The highest BCUT2D eigenvalue weighted by atomic mass is 35.5. The third-order valence-corrected chi connectivity index (χ3v) is 8.06. The lowest BCUT2D eigenvalue weighted by molar-refractivity contribution is -0.137. The average molecular weight is 538 g/mol. The van der Waals surface area contributed by atoms with Gasteiger partial charge in [-0.25, -0.2) is 4.68 Å². The molecule has 3 aromatic rings. The Bertz CT molecular complexity index is 1260. The summed E-state index contributed by atoms with van der Waals surface area (Å²) < 4.78 is 40.7. The number of alkyl halides is 3. The van der Waals surface area contributed by atoms with Crippen molar-refractivity contribution >= 4 is 28.6 Å². The van der Waals surface area contributed by atoms with E-state index in [0.29, 0.717) is 49.5 Å². The number of halogens is 4. The Hall–Kier alpha value is -2.50. The second-order valence-corrected chi connectivity index (χ2v) is 10.7. The molecule has 200 valence electrons.